The third-order valence-corrected chi connectivity index (χ3v) is 5.77. The van der Waals surface area contributed by atoms with Crippen LogP contribution in [0.3, 0.4) is 0 Å². The molecule has 0 radical (unpaired) electrons. The number of anilines is 1. The van der Waals surface area contributed by atoms with Gasteiger partial charge in [0, 0.05) is 36.1 Å². The van der Waals surface area contributed by atoms with Crippen LogP contribution in [0, 0.1) is 5.41 Å². The molecule has 3 aromatic rings. The molecule has 2 N–H and O–H groups in total. The summed E-state index contributed by atoms with van der Waals surface area (Å²) in [7, 11) is 1.65. The number of methoxy groups -OCH3 is 1. The summed E-state index contributed by atoms with van der Waals surface area (Å²) < 4.78 is 7.36. The van der Waals surface area contributed by atoms with Crippen LogP contribution in [0.5, 0.6) is 0 Å². The molecule has 0 spiro atoms. The third-order valence-electron chi connectivity index (χ3n) is 4.99. The topological polar surface area (TPSA) is 67.7 Å². The minimum Gasteiger partial charge on any atom is -0.384 e. The molecule has 1 aromatic carbocycles. The molecule has 1 fully saturated rings. The number of piperidine rings is 1. The lowest BCUT2D eigenvalue weighted by atomic mass is 9.78. The van der Waals surface area contributed by atoms with Gasteiger partial charge >= 0.3 is 0 Å². The number of imidazole rings is 1. The number of hydrogen-bond donors (Lipinski definition) is 2. The lowest BCUT2D eigenvalue weighted by Gasteiger charge is -2.35. The van der Waals surface area contributed by atoms with Gasteiger partial charge in [-0.1, -0.05) is 12.1 Å². The zero-order valence-electron chi connectivity index (χ0n) is 14.7. The maximum atomic E-state index is 12.9. The Morgan fingerprint density at radius 3 is 2.81 bits per heavy atom. The minimum absolute atomic E-state index is 0.0381. The molecule has 136 valence electrons. The number of carbonyl (C=O) groups excluding carboxylic acids is 1. The van der Waals surface area contributed by atoms with Crippen molar-refractivity contribution in [3.63, 3.8) is 0 Å². The zero-order valence-corrected chi connectivity index (χ0v) is 15.5. The van der Waals surface area contributed by atoms with Crippen LogP contribution < -0.4 is 10.6 Å². The van der Waals surface area contributed by atoms with E-state index in [1.165, 1.54) is 0 Å². The molecule has 6 nitrogen and oxygen atoms in total. The molecule has 0 bridgehead atoms. The van der Waals surface area contributed by atoms with E-state index in [2.05, 4.69) is 15.6 Å². The normalized spacial score (nSPS) is 16.7. The SMILES string of the molecule is COCC1(C(=O)Nc2ccc(-c3cn4ccsc4n3)cc2)CCNCC1. The molecule has 4 rings (SSSR count). The molecule has 0 aliphatic carbocycles. The van der Waals surface area contributed by atoms with Crippen molar-refractivity contribution in [3.05, 3.63) is 42.0 Å². The van der Waals surface area contributed by atoms with Crippen molar-refractivity contribution in [2.24, 2.45) is 5.41 Å². The highest BCUT2D eigenvalue weighted by atomic mass is 32.1. The highest BCUT2D eigenvalue weighted by Crippen LogP contribution is 2.31. The van der Waals surface area contributed by atoms with Gasteiger partial charge in [-0.05, 0) is 38.1 Å². The molecule has 1 aliphatic heterocycles. The van der Waals surface area contributed by atoms with Crippen molar-refractivity contribution < 1.29 is 9.53 Å². The van der Waals surface area contributed by atoms with Crippen LogP contribution in [-0.2, 0) is 9.53 Å². The van der Waals surface area contributed by atoms with E-state index in [1.807, 2.05) is 46.4 Å². The molecular weight excluding hydrogens is 348 g/mol. The Hall–Kier alpha value is -2.22. The van der Waals surface area contributed by atoms with E-state index in [0.717, 1.165) is 47.8 Å². The number of carbonyl (C=O) groups is 1. The minimum atomic E-state index is -0.451. The van der Waals surface area contributed by atoms with Gasteiger partial charge in [0.1, 0.15) is 0 Å². The first kappa shape index (κ1) is 17.2. The van der Waals surface area contributed by atoms with Gasteiger partial charge in [0.05, 0.1) is 17.7 Å². The van der Waals surface area contributed by atoms with Crippen LogP contribution in [0.4, 0.5) is 5.69 Å². The maximum Gasteiger partial charge on any atom is 0.233 e. The average Bonchev–Trinajstić information content (AvgIpc) is 3.25. The summed E-state index contributed by atoms with van der Waals surface area (Å²) in [6.45, 7) is 2.13. The van der Waals surface area contributed by atoms with Crippen LogP contribution >= 0.6 is 11.3 Å². The number of rotatable bonds is 5. The van der Waals surface area contributed by atoms with Gasteiger partial charge in [0.25, 0.3) is 0 Å². The monoisotopic (exact) mass is 370 g/mol. The Labute approximate surface area is 156 Å². The molecule has 0 atom stereocenters. The van der Waals surface area contributed by atoms with Gasteiger partial charge in [0.2, 0.25) is 5.91 Å². The number of aromatic nitrogens is 2. The Morgan fingerprint density at radius 1 is 1.35 bits per heavy atom. The summed E-state index contributed by atoms with van der Waals surface area (Å²) >= 11 is 1.61. The molecule has 26 heavy (non-hydrogen) atoms. The van der Waals surface area contributed by atoms with Crippen molar-refractivity contribution in [2.75, 3.05) is 32.1 Å². The lowest BCUT2D eigenvalue weighted by molar-refractivity contribution is -0.130. The first-order valence-electron chi connectivity index (χ1n) is 8.74. The van der Waals surface area contributed by atoms with Crippen molar-refractivity contribution in [1.82, 2.24) is 14.7 Å². The first-order chi connectivity index (χ1) is 12.7. The Balaban J connectivity index is 1.49. The van der Waals surface area contributed by atoms with Crippen molar-refractivity contribution >= 4 is 27.9 Å². The summed E-state index contributed by atoms with van der Waals surface area (Å²) in [4.78, 5) is 18.5. The van der Waals surface area contributed by atoms with Crippen molar-refractivity contribution in [3.8, 4) is 11.3 Å². The van der Waals surface area contributed by atoms with Crippen LogP contribution in [0.1, 0.15) is 12.8 Å². The van der Waals surface area contributed by atoms with Crippen LogP contribution in [0.2, 0.25) is 0 Å². The average molecular weight is 370 g/mol. The van der Waals surface area contributed by atoms with Gasteiger partial charge in [0.15, 0.2) is 4.96 Å². The fourth-order valence-electron chi connectivity index (χ4n) is 3.47. The number of thiazole rings is 1. The highest BCUT2D eigenvalue weighted by Gasteiger charge is 2.39. The molecule has 7 heteroatoms. The summed E-state index contributed by atoms with van der Waals surface area (Å²) in [6.07, 6.45) is 5.59. The smallest absolute Gasteiger partial charge is 0.233 e. The van der Waals surface area contributed by atoms with Crippen LogP contribution in [0.15, 0.2) is 42.0 Å². The second kappa shape index (κ2) is 7.19. The molecule has 1 saturated heterocycles. The second-order valence-electron chi connectivity index (χ2n) is 6.71. The van der Waals surface area contributed by atoms with E-state index < -0.39 is 5.41 Å². The first-order valence-corrected chi connectivity index (χ1v) is 9.62. The number of fused-ring (bicyclic) bond motifs is 1. The summed E-state index contributed by atoms with van der Waals surface area (Å²) in [6, 6.07) is 7.85. The fraction of sp³-hybridized carbons (Fsp3) is 0.368. The molecule has 0 saturated carbocycles. The number of nitrogens with zero attached hydrogens (tertiary/aromatic N) is 2. The van der Waals surface area contributed by atoms with Gasteiger partial charge < -0.3 is 15.4 Å². The van der Waals surface area contributed by atoms with E-state index in [0.29, 0.717) is 6.61 Å². The predicted molar refractivity (Wildman–Crippen MR) is 104 cm³/mol. The summed E-state index contributed by atoms with van der Waals surface area (Å²) in [5.74, 6) is 0.0381. The van der Waals surface area contributed by atoms with E-state index in [1.54, 1.807) is 18.4 Å². The van der Waals surface area contributed by atoms with Crippen molar-refractivity contribution in [1.29, 1.82) is 0 Å². The van der Waals surface area contributed by atoms with E-state index in [4.69, 9.17) is 4.74 Å². The summed E-state index contributed by atoms with van der Waals surface area (Å²) in [5, 5.41) is 8.39. The fourth-order valence-corrected chi connectivity index (χ4v) is 4.17. The Kier molecular flexibility index (Phi) is 4.76. The van der Waals surface area contributed by atoms with E-state index in [9.17, 15) is 4.79 Å². The third kappa shape index (κ3) is 3.25. The largest absolute Gasteiger partial charge is 0.384 e. The van der Waals surface area contributed by atoms with E-state index in [-0.39, 0.29) is 5.91 Å². The van der Waals surface area contributed by atoms with Crippen LogP contribution in [0.25, 0.3) is 16.2 Å². The van der Waals surface area contributed by atoms with Gasteiger partial charge in [-0.2, -0.15) is 0 Å². The Bertz CT molecular complexity index is 860. The second-order valence-corrected chi connectivity index (χ2v) is 7.59. The van der Waals surface area contributed by atoms with Gasteiger partial charge in [-0.3, -0.25) is 9.20 Å². The molecular formula is C19H22N4O2S. The highest BCUT2D eigenvalue weighted by molar-refractivity contribution is 7.15. The molecule has 1 aliphatic rings. The number of amides is 1. The lowest BCUT2D eigenvalue weighted by Crippen LogP contribution is -2.47. The molecule has 2 aromatic heterocycles. The van der Waals surface area contributed by atoms with Gasteiger partial charge in [-0.25, -0.2) is 4.98 Å². The van der Waals surface area contributed by atoms with Gasteiger partial charge in [-0.15, -0.1) is 11.3 Å². The molecule has 0 unspecified atom stereocenters. The predicted octanol–water partition coefficient (Wildman–Crippen LogP) is 3.02. The standard InChI is InChI=1S/C19H22N4O2S/c1-25-13-19(6-8-20-9-7-19)17(24)21-15-4-2-14(3-5-15)16-12-23-10-11-26-18(23)22-16/h2-5,10-12,20H,6-9,13H2,1H3,(H,21,24). The number of ether oxygens (including phenoxy) is 1. The Morgan fingerprint density at radius 2 is 2.12 bits per heavy atom. The maximum absolute atomic E-state index is 12.9. The quantitative estimate of drug-likeness (QED) is 0.724. The summed E-state index contributed by atoms with van der Waals surface area (Å²) in [5.41, 5.74) is 2.32. The van der Waals surface area contributed by atoms with E-state index >= 15 is 0 Å². The van der Waals surface area contributed by atoms with Crippen LogP contribution in [-0.4, -0.2) is 42.1 Å². The molecule has 1 amide bonds. The number of hydrogen-bond acceptors (Lipinski definition) is 5. The molecule has 3 heterocycles. The van der Waals surface area contributed by atoms with Crippen molar-refractivity contribution in [2.45, 2.75) is 12.8 Å². The number of benzene rings is 1. The number of nitrogens with one attached hydrogen (secondary N) is 2. The zero-order chi connectivity index (χ0) is 18.0.